The van der Waals surface area contributed by atoms with Gasteiger partial charge >= 0.3 is 0 Å². The van der Waals surface area contributed by atoms with Crippen molar-refractivity contribution in [3.8, 4) is 11.5 Å². The summed E-state index contributed by atoms with van der Waals surface area (Å²) in [5.41, 5.74) is 1.79. The SMILES string of the molecule is CC(CCO)SCc1coc(-c2cccc(Cl)c2)n1. The van der Waals surface area contributed by atoms with Gasteiger partial charge in [-0.15, -0.1) is 0 Å². The van der Waals surface area contributed by atoms with Crippen molar-refractivity contribution < 1.29 is 9.52 Å². The lowest BCUT2D eigenvalue weighted by molar-refractivity contribution is 0.289. The van der Waals surface area contributed by atoms with Crippen LogP contribution in [0, 0.1) is 0 Å². The van der Waals surface area contributed by atoms with Crippen LogP contribution in [-0.2, 0) is 5.75 Å². The predicted molar refractivity (Wildman–Crippen MR) is 79.4 cm³/mol. The predicted octanol–water partition coefficient (Wildman–Crippen LogP) is 4.00. The number of aliphatic hydroxyl groups excluding tert-OH is 1. The Morgan fingerprint density at radius 2 is 2.32 bits per heavy atom. The Morgan fingerprint density at radius 1 is 1.47 bits per heavy atom. The number of aromatic nitrogens is 1. The first-order valence-electron chi connectivity index (χ1n) is 6.12. The first kappa shape index (κ1) is 14.4. The van der Waals surface area contributed by atoms with Gasteiger partial charge in [-0.2, -0.15) is 11.8 Å². The van der Waals surface area contributed by atoms with E-state index in [1.54, 1.807) is 18.0 Å². The van der Waals surface area contributed by atoms with Crippen LogP contribution in [0.25, 0.3) is 11.5 Å². The maximum absolute atomic E-state index is 8.85. The maximum Gasteiger partial charge on any atom is 0.226 e. The Kier molecular flexibility index (Phi) is 5.31. The largest absolute Gasteiger partial charge is 0.444 e. The summed E-state index contributed by atoms with van der Waals surface area (Å²) in [5.74, 6) is 1.37. The number of hydrogen-bond acceptors (Lipinski definition) is 4. The molecule has 1 unspecified atom stereocenters. The Hall–Kier alpha value is -0.970. The molecule has 0 amide bonds. The fourth-order valence-electron chi connectivity index (χ4n) is 1.62. The second-order valence-corrected chi connectivity index (χ2v) is 6.15. The van der Waals surface area contributed by atoms with Gasteiger partial charge in [0.2, 0.25) is 5.89 Å². The fourth-order valence-corrected chi connectivity index (χ4v) is 2.67. The lowest BCUT2D eigenvalue weighted by atomic mass is 10.2. The van der Waals surface area contributed by atoms with E-state index in [0.717, 1.165) is 23.4 Å². The molecule has 1 atom stereocenters. The van der Waals surface area contributed by atoms with E-state index in [1.165, 1.54) is 0 Å². The second kappa shape index (κ2) is 6.98. The van der Waals surface area contributed by atoms with E-state index < -0.39 is 0 Å². The van der Waals surface area contributed by atoms with Crippen molar-refractivity contribution >= 4 is 23.4 Å². The minimum Gasteiger partial charge on any atom is -0.444 e. The van der Waals surface area contributed by atoms with Crippen molar-refractivity contribution in [2.24, 2.45) is 0 Å². The number of benzene rings is 1. The van der Waals surface area contributed by atoms with E-state index >= 15 is 0 Å². The molecule has 2 rings (SSSR count). The highest BCUT2D eigenvalue weighted by Gasteiger charge is 2.09. The van der Waals surface area contributed by atoms with Crippen LogP contribution in [-0.4, -0.2) is 21.9 Å². The number of oxazole rings is 1. The minimum atomic E-state index is 0.223. The molecule has 0 aliphatic heterocycles. The van der Waals surface area contributed by atoms with Crippen molar-refractivity contribution in [2.45, 2.75) is 24.3 Å². The molecule has 0 aliphatic carbocycles. The van der Waals surface area contributed by atoms with Crippen molar-refractivity contribution in [2.75, 3.05) is 6.61 Å². The summed E-state index contributed by atoms with van der Waals surface area (Å²) in [6, 6.07) is 7.45. The van der Waals surface area contributed by atoms with Crippen LogP contribution in [0.3, 0.4) is 0 Å². The standard InChI is InChI=1S/C14H16ClNO2S/c1-10(5-6-17)19-9-13-8-18-14(16-13)11-3-2-4-12(15)7-11/h2-4,7-8,10,17H,5-6,9H2,1H3. The highest BCUT2D eigenvalue weighted by molar-refractivity contribution is 7.99. The van der Waals surface area contributed by atoms with Gasteiger partial charge in [-0.1, -0.05) is 24.6 Å². The third kappa shape index (κ3) is 4.27. The molecule has 1 heterocycles. The normalized spacial score (nSPS) is 12.6. The summed E-state index contributed by atoms with van der Waals surface area (Å²) in [6.45, 7) is 2.32. The van der Waals surface area contributed by atoms with Crippen LogP contribution in [0.2, 0.25) is 5.02 Å². The molecule has 0 bridgehead atoms. The number of thioether (sulfide) groups is 1. The second-order valence-electron chi connectivity index (χ2n) is 4.29. The molecule has 0 aliphatic rings. The Labute approximate surface area is 122 Å². The Balaban J connectivity index is 1.99. The van der Waals surface area contributed by atoms with Gasteiger partial charge in [-0.05, 0) is 24.6 Å². The molecule has 2 aromatic rings. The molecule has 5 heteroatoms. The van der Waals surface area contributed by atoms with Crippen molar-refractivity contribution in [3.63, 3.8) is 0 Å². The van der Waals surface area contributed by atoms with Gasteiger partial charge in [-0.25, -0.2) is 4.98 Å². The van der Waals surface area contributed by atoms with Crippen molar-refractivity contribution in [1.82, 2.24) is 4.98 Å². The van der Waals surface area contributed by atoms with Crippen molar-refractivity contribution in [3.05, 3.63) is 41.2 Å². The van der Waals surface area contributed by atoms with Gasteiger partial charge < -0.3 is 9.52 Å². The van der Waals surface area contributed by atoms with E-state index in [0.29, 0.717) is 16.2 Å². The van der Waals surface area contributed by atoms with Crippen LogP contribution in [0.1, 0.15) is 19.0 Å². The molecule has 0 saturated heterocycles. The van der Waals surface area contributed by atoms with Crippen LogP contribution in [0.5, 0.6) is 0 Å². The van der Waals surface area contributed by atoms with E-state index in [4.69, 9.17) is 21.1 Å². The van der Waals surface area contributed by atoms with Crippen LogP contribution in [0.4, 0.5) is 0 Å². The number of aliphatic hydroxyl groups is 1. The quantitative estimate of drug-likeness (QED) is 0.875. The van der Waals surface area contributed by atoms with Gasteiger partial charge in [0.05, 0.1) is 5.69 Å². The number of nitrogens with zero attached hydrogens (tertiary/aromatic N) is 1. The third-order valence-electron chi connectivity index (χ3n) is 2.67. The first-order chi connectivity index (χ1) is 9.19. The summed E-state index contributed by atoms with van der Waals surface area (Å²) in [6.07, 6.45) is 2.47. The van der Waals surface area contributed by atoms with Crippen LogP contribution >= 0.6 is 23.4 Å². The Bertz CT molecular complexity index is 530. The van der Waals surface area contributed by atoms with Gasteiger partial charge in [0.15, 0.2) is 0 Å². The average molecular weight is 298 g/mol. The van der Waals surface area contributed by atoms with E-state index in [-0.39, 0.29) is 6.61 Å². The average Bonchev–Trinajstić information content (AvgIpc) is 2.85. The fraction of sp³-hybridized carbons (Fsp3) is 0.357. The zero-order valence-corrected chi connectivity index (χ0v) is 12.2. The van der Waals surface area contributed by atoms with Crippen molar-refractivity contribution in [1.29, 1.82) is 0 Å². The van der Waals surface area contributed by atoms with Gasteiger partial charge in [0.25, 0.3) is 0 Å². The smallest absolute Gasteiger partial charge is 0.226 e. The van der Waals surface area contributed by atoms with Gasteiger partial charge in [-0.3, -0.25) is 0 Å². The molecular weight excluding hydrogens is 282 g/mol. The number of hydrogen-bond donors (Lipinski definition) is 1. The summed E-state index contributed by atoms with van der Waals surface area (Å²) < 4.78 is 5.47. The summed E-state index contributed by atoms with van der Waals surface area (Å²) in [7, 11) is 0. The molecule has 1 aromatic carbocycles. The van der Waals surface area contributed by atoms with Gasteiger partial charge in [0.1, 0.15) is 6.26 Å². The maximum atomic E-state index is 8.85. The van der Waals surface area contributed by atoms with E-state index in [2.05, 4.69) is 11.9 Å². The molecule has 0 fully saturated rings. The van der Waals surface area contributed by atoms with Crippen LogP contribution < -0.4 is 0 Å². The first-order valence-corrected chi connectivity index (χ1v) is 7.54. The molecule has 1 aromatic heterocycles. The van der Waals surface area contributed by atoms with E-state index in [9.17, 15) is 0 Å². The number of rotatable bonds is 6. The Morgan fingerprint density at radius 3 is 3.05 bits per heavy atom. The molecule has 19 heavy (non-hydrogen) atoms. The zero-order valence-electron chi connectivity index (χ0n) is 10.7. The molecule has 102 valence electrons. The highest BCUT2D eigenvalue weighted by atomic mass is 35.5. The molecule has 0 saturated carbocycles. The highest BCUT2D eigenvalue weighted by Crippen LogP contribution is 2.24. The molecular formula is C14H16ClNO2S. The number of halogens is 1. The molecule has 0 spiro atoms. The summed E-state index contributed by atoms with van der Waals surface area (Å²) in [5, 5.41) is 9.94. The summed E-state index contributed by atoms with van der Waals surface area (Å²) >= 11 is 7.70. The van der Waals surface area contributed by atoms with Gasteiger partial charge in [0, 0.05) is 28.2 Å². The topological polar surface area (TPSA) is 46.3 Å². The summed E-state index contributed by atoms with van der Waals surface area (Å²) in [4.78, 5) is 4.45. The lowest BCUT2D eigenvalue weighted by Crippen LogP contribution is -1.99. The monoisotopic (exact) mass is 297 g/mol. The minimum absolute atomic E-state index is 0.223. The molecule has 1 N–H and O–H groups in total. The van der Waals surface area contributed by atoms with E-state index in [1.807, 2.05) is 24.3 Å². The third-order valence-corrected chi connectivity index (χ3v) is 4.18. The molecule has 3 nitrogen and oxygen atoms in total. The van der Waals surface area contributed by atoms with Crippen LogP contribution in [0.15, 0.2) is 34.9 Å². The zero-order chi connectivity index (χ0) is 13.7. The molecule has 0 radical (unpaired) electrons. The lowest BCUT2D eigenvalue weighted by Gasteiger charge is -2.06.